The topological polar surface area (TPSA) is 70.2 Å². The molecule has 0 spiro atoms. The SMILES string of the molecule is O=C(O)c1cc2cc(F)c(C34CC(C3)C4)cc2[nH]c1=O. The lowest BCUT2D eigenvalue weighted by atomic mass is 9.42. The number of pyridine rings is 1. The minimum Gasteiger partial charge on any atom is -0.477 e. The van der Waals surface area contributed by atoms with E-state index < -0.39 is 11.5 Å². The number of rotatable bonds is 2. The number of carboxylic acid groups (broad SMARTS) is 1. The fourth-order valence-electron chi connectivity index (χ4n) is 3.60. The van der Waals surface area contributed by atoms with Crippen molar-refractivity contribution in [1.29, 1.82) is 0 Å². The average molecular weight is 273 g/mol. The molecule has 3 aliphatic carbocycles. The first-order valence-corrected chi connectivity index (χ1v) is 6.59. The highest BCUT2D eigenvalue weighted by Gasteiger charge is 2.58. The van der Waals surface area contributed by atoms with Gasteiger partial charge >= 0.3 is 5.97 Å². The van der Waals surface area contributed by atoms with E-state index in [4.69, 9.17) is 5.11 Å². The van der Waals surface area contributed by atoms with E-state index in [1.807, 2.05) is 0 Å². The van der Waals surface area contributed by atoms with Crippen LogP contribution in [0, 0.1) is 11.7 Å². The fourth-order valence-corrected chi connectivity index (χ4v) is 3.60. The summed E-state index contributed by atoms with van der Waals surface area (Å²) in [4.78, 5) is 25.2. The minimum atomic E-state index is -1.31. The molecule has 3 fully saturated rings. The van der Waals surface area contributed by atoms with Crippen molar-refractivity contribution in [1.82, 2.24) is 4.98 Å². The summed E-state index contributed by atoms with van der Waals surface area (Å²) >= 11 is 0. The average Bonchev–Trinajstić information content (AvgIpc) is 2.25. The van der Waals surface area contributed by atoms with E-state index in [-0.39, 0.29) is 16.8 Å². The molecule has 0 saturated heterocycles. The normalized spacial score (nSPS) is 26.9. The van der Waals surface area contributed by atoms with E-state index in [2.05, 4.69) is 4.98 Å². The van der Waals surface area contributed by atoms with Gasteiger partial charge in [-0.1, -0.05) is 0 Å². The second-order valence-electron chi connectivity index (χ2n) is 6.00. The summed E-state index contributed by atoms with van der Waals surface area (Å²) in [7, 11) is 0. The number of H-pyrrole nitrogens is 1. The Kier molecular flexibility index (Phi) is 2.02. The van der Waals surface area contributed by atoms with Gasteiger partial charge in [0.2, 0.25) is 0 Å². The third kappa shape index (κ3) is 1.35. The van der Waals surface area contributed by atoms with Crippen molar-refractivity contribution in [3.63, 3.8) is 0 Å². The fraction of sp³-hybridized carbons (Fsp3) is 0.333. The first-order valence-electron chi connectivity index (χ1n) is 6.59. The maximum atomic E-state index is 14.3. The molecule has 2 N–H and O–H groups in total. The minimum absolute atomic E-state index is 0.0364. The Hall–Kier alpha value is -2.17. The Balaban J connectivity index is 1.93. The molecule has 20 heavy (non-hydrogen) atoms. The lowest BCUT2D eigenvalue weighted by Gasteiger charge is -2.62. The largest absolute Gasteiger partial charge is 0.477 e. The number of benzene rings is 1. The van der Waals surface area contributed by atoms with E-state index in [1.54, 1.807) is 6.07 Å². The van der Waals surface area contributed by atoms with Gasteiger partial charge in [-0.05, 0) is 54.4 Å². The molecule has 2 bridgehead atoms. The number of carboxylic acids is 1. The quantitative estimate of drug-likeness (QED) is 0.882. The smallest absolute Gasteiger partial charge is 0.341 e. The van der Waals surface area contributed by atoms with Gasteiger partial charge in [-0.15, -0.1) is 0 Å². The van der Waals surface area contributed by atoms with Gasteiger partial charge < -0.3 is 10.1 Å². The summed E-state index contributed by atoms with van der Waals surface area (Å²) in [6.45, 7) is 0. The Morgan fingerprint density at radius 1 is 1.30 bits per heavy atom. The first-order chi connectivity index (χ1) is 9.48. The Labute approximate surface area is 113 Å². The molecular formula is C15H12FNO3. The van der Waals surface area contributed by atoms with Crippen LogP contribution in [0.25, 0.3) is 10.9 Å². The van der Waals surface area contributed by atoms with E-state index in [1.165, 1.54) is 12.1 Å². The Morgan fingerprint density at radius 3 is 2.55 bits per heavy atom. The highest BCUT2D eigenvalue weighted by molar-refractivity contribution is 5.92. The Morgan fingerprint density at radius 2 is 2.00 bits per heavy atom. The van der Waals surface area contributed by atoms with Crippen LogP contribution in [0.4, 0.5) is 4.39 Å². The van der Waals surface area contributed by atoms with Crippen LogP contribution in [0.3, 0.4) is 0 Å². The van der Waals surface area contributed by atoms with Crippen molar-refractivity contribution >= 4 is 16.9 Å². The van der Waals surface area contributed by atoms with Crippen molar-refractivity contribution < 1.29 is 14.3 Å². The lowest BCUT2D eigenvalue weighted by molar-refractivity contribution is -0.0299. The van der Waals surface area contributed by atoms with Crippen LogP contribution in [-0.2, 0) is 5.41 Å². The van der Waals surface area contributed by atoms with Crippen LogP contribution in [0.5, 0.6) is 0 Å². The van der Waals surface area contributed by atoms with Gasteiger partial charge in [-0.25, -0.2) is 9.18 Å². The molecule has 0 unspecified atom stereocenters. The number of nitrogens with one attached hydrogen (secondary N) is 1. The zero-order chi connectivity index (χ0) is 14.1. The highest BCUT2D eigenvalue weighted by Crippen LogP contribution is 2.65. The van der Waals surface area contributed by atoms with Gasteiger partial charge in [-0.3, -0.25) is 4.79 Å². The lowest BCUT2D eigenvalue weighted by Crippen LogP contribution is -2.55. The number of aromatic nitrogens is 1. The zero-order valence-corrected chi connectivity index (χ0v) is 10.6. The molecule has 1 heterocycles. The molecule has 102 valence electrons. The molecule has 0 amide bonds. The second kappa shape index (κ2) is 3.48. The predicted octanol–water partition coefficient (Wildman–Crippen LogP) is 2.42. The molecule has 5 heteroatoms. The molecule has 2 aromatic rings. The van der Waals surface area contributed by atoms with Gasteiger partial charge in [0, 0.05) is 10.9 Å². The van der Waals surface area contributed by atoms with Gasteiger partial charge in [0.15, 0.2) is 0 Å². The van der Waals surface area contributed by atoms with E-state index >= 15 is 0 Å². The second-order valence-corrected chi connectivity index (χ2v) is 6.00. The number of hydrogen-bond donors (Lipinski definition) is 2. The molecule has 1 aromatic heterocycles. The van der Waals surface area contributed by atoms with Crippen molar-refractivity contribution in [3.8, 4) is 0 Å². The van der Waals surface area contributed by atoms with Crippen LogP contribution in [-0.4, -0.2) is 16.1 Å². The first kappa shape index (κ1) is 11.6. The molecule has 0 atom stereocenters. The highest BCUT2D eigenvalue weighted by atomic mass is 19.1. The number of aromatic amines is 1. The van der Waals surface area contributed by atoms with Crippen molar-refractivity contribution in [2.45, 2.75) is 24.7 Å². The van der Waals surface area contributed by atoms with Crippen LogP contribution in [0.15, 0.2) is 23.0 Å². The number of aromatic carboxylic acids is 1. The maximum absolute atomic E-state index is 14.3. The molecule has 3 saturated carbocycles. The summed E-state index contributed by atoms with van der Waals surface area (Å²) in [6.07, 6.45) is 3.06. The van der Waals surface area contributed by atoms with Crippen LogP contribution >= 0.6 is 0 Å². The number of halogens is 1. The summed E-state index contributed by atoms with van der Waals surface area (Å²) in [6, 6.07) is 4.23. The molecule has 1 aromatic carbocycles. The van der Waals surface area contributed by atoms with Gasteiger partial charge in [0.1, 0.15) is 11.4 Å². The van der Waals surface area contributed by atoms with Gasteiger partial charge in [-0.2, -0.15) is 0 Å². The monoisotopic (exact) mass is 273 g/mol. The molecule has 5 rings (SSSR count). The molecular weight excluding hydrogens is 261 g/mol. The predicted molar refractivity (Wildman–Crippen MR) is 70.5 cm³/mol. The van der Waals surface area contributed by atoms with Crippen molar-refractivity contribution in [2.75, 3.05) is 0 Å². The van der Waals surface area contributed by atoms with E-state index in [0.29, 0.717) is 16.5 Å². The maximum Gasteiger partial charge on any atom is 0.341 e. The summed E-state index contributed by atoms with van der Waals surface area (Å²) in [5.41, 5.74) is 0.105. The van der Waals surface area contributed by atoms with Gasteiger partial charge in [0.05, 0.1) is 0 Å². The molecule has 4 nitrogen and oxygen atoms in total. The van der Waals surface area contributed by atoms with Gasteiger partial charge in [0.25, 0.3) is 5.56 Å². The molecule has 0 radical (unpaired) electrons. The van der Waals surface area contributed by atoms with E-state index in [9.17, 15) is 14.0 Å². The summed E-state index contributed by atoms with van der Waals surface area (Å²) in [5, 5.41) is 9.33. The standard InChI is InChI=1S/C15H12FNO3/c16-11-2-8-1-9(14(19)20)13(18)17-12(8)3-10(11)15-4-7(5-15)6-15/h1-3,7H,4-6H2,(H,17,18)(H,19,20). The number of carbonyl (C=O) groups is 1. The molecule has 0 aliphatic heterocycles. The summed E-state index contributed by atoms with van der Waals surface area (Å²) in [5.74, 6) is -0.880. The third-order valence-electron chi connectivity index (χ3n) is 4.77. The Bertz CT molecular complexity index is 807. The van der Waals surface area contributed by atoms with Crippen molar-refractivity contribution in [2.24, 2.45) is 5.92 Å². The number of hydrogen-bond acceptors (Lipinski definition) is 2. The van der Waals surface area contributed by atoms with Crippen LogP contribution in [0.1, 0.15) is 35.2 Å². The van der Waals surface area contributed by atoms with E-state index in [0.717, 1.165) is 25.2 Å². The third-order valence-corrected chi connectivity index (χ3v) is 4.77. The van der Waals surface area contributed by atoms with Crippen LogP contribution < -0.4 is 5.56 Å². The van der Waals surface area contributed by atoms with Crippen molar-refractivity contribution in [3.05, 3.63) is 45.5 Å². The van der Waals surface area contributed by atoms with Crippen LogP contribution in [0.2, 0.25) is 0 Å². The molecule has 3 aliphatic rings. The zero-order valence-electron chi connectivity index (χ0n) is 10.6. The number of fused-ring (bicyclic) bond motifs is 1. The summed E-state index contributed by atoms with van der Waals surface area (Å²) < 4.78 is 14.3.